The molecule has 0 aliphatic rings. The summed E-state index contributed by atoms with van der Waals surface area (Å²) in [7, 11) is 1.48. The number of halogens is 1. The Morgan fingerprint density at radius 1 is 1.03 bits per heavy atom. The van der Waals surface area contributed by atoms with Crippen LogP contribution in [0.5, 0.6) is 17.4 Å². The molecule has 1 N–H and O–H groups in total. The van der Waals surface area contributed by atoms with Gasteiger partial charge in [-0.3, -0.25) is 9.59 Å². The SMILES string of the molecule is COc1ccc(-c2cccc(C(=O)Nc3ccc(Oc4cc(C)nc5ccnn45)c(F)c3)n2)cc1C=O. The number of aromatic nitrogens is 4. The molecular formula is C27H20FN5O4. The zero-order valence-corrected chi connectivity index (χ0v) is 19.8. The number of aryl methyl sites for hydroxylation is 1. The van der Waals surface area contributed by atoms with Crippen molar-refractivity contribution in [2.75, 3.05) is 12.4 Å². The minimum absolute atomic E-state index is 0.0361. The molecule has 3 heterocycles. The number of nitrogens with zero attached hydrogens (tertiary/aromatic N) is 4. The van der Waals surface area contributed by atoms with Gasteiger partial charge in [0.15, 0.2) is 23.5 Å². The van der Waals surface area contributed by atoms with Crippen LogP contribution < -0.4 is 14.8 Å². The van der Waals surface area contributed by atoms with Gasteiger partial charge in [-0.1, -0.05) is 6.07 Å². The molecule has 0 saturated heterocycles. The van der Waals surface area contributed by atoms with Crippen molar-refractivity contribution < 1.29 is 23.5 Å². The predicted octanol–water partition coefficient (Wildman–Crippen LogP) is 5.10. The average molecular weight is 497 g/mol. The van der Waals surface area contributed by atoms with Gasteiger partial charge in [0.2, 0.25) is 5.88 Å². The van der Waals surface area contributed by atoms with E-state index in [4.69, 9.17) is 9.47 Å². The monoisotopic (exact) mass is 497 g/mol. The summed E-state index contributed by atoms with van der Waals surface area (Å²) in [4.78, 5) is 32.9. The first-order valence-corrected chi connectivity index (χ1v) is 11.2. The van der Waals surface area contributed by atoms with E-state index >= 15 is 0 Å². The molecule has 0 atom stereocenters. The Kier molecular flexibility index (Phi) is 6.29. The van der Waals surface area contributed by atoms with Gasteiger partial charge < -0.3 is 14.8 Å². The van der Waals surface area contributed by atoms with Gasteiger partial charge in [0, 0.05) is 35.1 Å². The quantitative estimate of drug-likeness (QED) is 0.312. The fourth-order valence-corrected chi connectivity index (χ4v) is 3.75. The number of aldehydes is 1. The van der Waals surface area contributed by atoms with Gasteiger partial charge in [0.05, 0.1) is 24.6 Å². The molecule has 5 aromatic rings. The van der Waals surface area contributed by atoms with Crippen molar-refractivity contribution in [3.63, 3.8) is 0 Å². The van der Waals surface area contributed by atoms with Gasteiger partial charge in [-0.05, 0) is 49.4 Å². The third-order valence-electron chi connectivity index (χ3n) is 5.49. The molecule has 0 saturated carbocycles. The Labute approximate surface area is 210 Å². The molecule has 184 valence electrons. The van der Waals surface area contributed by atoms with Crippen molar-refractivity contribution >= 4 is 23.5 Å². The van der Waals surface area contributed by atoms with E-state index in [0.29, 0.717) is 46.1 Å². The fraction of sp³-hybridized carbons (Fsp3) is 0.0741. The third kappa shape index (κ3) is 4.85. The van der Waals surface area contributed by atoms with Crippen LogP contribution in [0, 0.1) is 12.7 Å². The highest BCUT2D eigenvalue weighted by molar-refractivity contribution is 6.03. The standard InChI is InChI=1S/C27H20FN5O4/c1-16-12-26(33-25(30-16)10-11-29-33)37-24-9-7-19(14-20(24)28)31-27(35)22-5-3-4-21(32-22)17-6-8-23(36-2)18(13-17)15-34/h3-15H,1-2H3,(H,31,35). The lowest BCUT2D eigenvalue weighted by molar-refractivity contribution is 0.102. The topological polar surface area (TPSA) is 108 Å². The molecule has 1 amide bonds. The zero-order chi connectivity index (χ0) is 25.9. The molecule has 0 spiro atoms. The molecule has 37 heavy (non-hydrogen) atoms. The average Bonchev–Trinajstić information content (AvgIpc) is 3.38. The van der Waals surface area contributed by atoms with Crippen LogP contribution in [0.4, 0.5) is 10.1 Å². The summed E-state index contributed by atoms with van der Waals surface area (Å²) in [6.45, 7) is 1.80. The van der Waals surface area contributed by atoms with E-state index in [1.165, 1.54) is 29.8 Å². The molecular weight excluding hydrogens is 477 g/mol. The number of rotatable bonds is 7. The Bertz CT molecular complexity index is 1650. The van der Waals surface area contributed by atoms with Crippen molar-refractivity contribution in [2.45, 2.75) is 6.92 Å². The number of nitrogens with one attached hydrogen (secondary N) is 1. The largest absolute Gasteiger partial charge is 0.496 e. The third-order valence-corrected chi connectivity index (χ3v) is 5.49. The normalized spacial score (nSPS) is 10.8. The lowest BCUT2D eigenvalue weighted by Gasteiger charge is -2.11. The summed E-state index contributed by atoms with van der Waals surface area (Å²) < 4.78 is 27.2. The predicted molar refractivity (Wildman–Crippen MR) is 134 cm³/mol. The second-order valence-electron chi connectivity index (χ2n) is 8.02. The van der Waals surface area contributed by atoms with E-state index in [1.807, 2.05) is 0 Å². The maximum Gasteiger partial charge on any atom is 0.274 e. The number of carbonyl (C=O) groups is 2. The van der Waals surface area contributed by atoms with Gasteiger partial charge in [0.25, 0.3) is 5.91 Å². The van der Waals surface area contributed by atoms with Crippen LogP contribution in [0.1, 0.15) is 26.5 Å². The van der Waals surface area contributed by atoms with E-state index < -0.39 is 11.7 Å². The highest BCUT2D eigenvalue weighted by Gasteiger charge is 2.14. The van der Waals surface area contributed by atoms with Gasteiger partial charge in [-0.15, -0.1) is 0 Å². The molecule has 0 aliphatic carbocycles. The Hall–Kier alpha value is -5.12. The van der Waals surface area contributed by atoms with E-state index in [0.717, 1.165) is 6.07 Å². The maximum absolute atomic E-state index is 14.9. The summed E-state index contributed by atoms with van der Waals surface area (Å²) in [5.41, 5.74) is 3.11. The van der Waals surface area contributed by atoms with E-state index in [1.54, 1.807) is 55.6 Å². The van der Waals surface area contributed by atoms with Crippen LogP contribution in [0.3, 0.4) is 0 Å². The molecule has 0 aliphatic heterocycles. The molecule has 0 unspecified atom stereocenters. The van der Waals surface area contributed by atoms with E-state index in [2.05, 4.69) is 20.4 Å². The summed E-state index contributed by atoms with van der Waals surface area (Å²) in [5.74, 6) is -0.488. The zero-order valence-electron chi connectivity index (χ0n) is 19.8. The number of pyridine rings is 1. The highest BCUT2D eigenvalue weighted by atomic mass is 19.1. The molecule has 9 nitrogen and oxygen atoms in total. The van der Waals surface area contributed by atoms with Gasteiger partial charge in [-0.2, -0.15) is 9.61 Å². The number of amides is 1. The van der Waals surface area contributed by atoms with Crippen LogP contribution >= 0.6 is 0 Å². The van der Waals surface area contributed by atoms with Gasteiger partial charge in [0.1, 0.15) is 11.4 Å². The van der Waals surface area contributed by atoms with Crippen LogP contribution in [0.25, 0.3) is 16.9 Å². The van der Waals surface area contributed by atoms with Crippen LogP contribution in [-0.4, -0.2) is 38.9 Å². The lowest BCUT2D eigenvalue weighted by atomic mass is 10.1. The first-order chi connectivity index (χ1) is 17.9. The lowest BCUT2D eigenvalue weighted by Crippen LogP contribution is -2.14. The van der Waals surface area contributed by atoms with Crippen molar-refractivity contribution in [2.24, 2.45) is 0 Å². The van der Waals surface area contributed by atoms with Crippen molar-refractivity contribution in [1.82, 2.24) is 19.6 Å². The van der Waals surface area contributed by atoms with Crippen molar-refractivity contribution in [3.8, 4) is 28.6 Å². The van der Waals surface area contributed by atoms with Gasteiger partial charge in [-0.25, -0.2) is 14.4 Å². The molecule has 2 aromatic carbocycles. The first-order valence-electron chi connectivity index (χ1n) is 11.2. The van der Waals surface area contributed by atoms with Crippen LogP contribution in [0.15, 0.2) is 72.9 Å². The number of hydrogen-bond donors (Lipinski definition) is 1. The molecule has 0 fully saturated rings. The smallest absolute Gasteiger partial charge is 0.274 e. The Morgan fingerprint density at radius 3 is 2.65 bits per heavy atom. The minimum atomic E-state index is -0.672. The summed E-state index contributed by atoms with van der Waals surface area (Å²) in [6, 6.07) is 17.4. The number of ether oxygens (including phenoxy) is 2. The number of methoxy groups -OCH3 is 1. The molecule has 0 bridgehead atoms. The summed E-state index contributed by atoms with van der Waals surface area (Å²) in [6.07, 6.45) is 2.26. The second kappa shape index (κ2) is 9.86. The van der Waals surface area contributed by atoms with Crippen molar-refractivity contribution in [3.05, 3.63) is 95.7 Å². The molecule has 0 radical (unpaired) electrons. The van der Waals surface area contributed by atoms with Crippen molar-refractivity contribution in [1.29, 1.82) is 0 Å². The minimum Gasteiger partial charge on any atom is -0.496 e. The van der Waals surface area contributed by atoms with Crippen LogP contribution in [0.2, 0.25) is 0 Å². The fourth-order valence-electron chi connectivity index (χ4n) is 3.75. The van der Waals surface area contributed by atoms with Crippen LogP contribution in [-0.2, 0) is 0 Å². The molecule has 3 aromatic heterocycles. The highest BCUT2D eigenvalue weighted by Crippen LogP contribution is 2.28. The Balaban J connectivity index is 1.34. The number of carbonyl (C=O) groups excluding carboxylic acids is 2. The summed E-state index contributed by atoms with van der Waals surface area (Å²) >= 11 is 0. The number of benzene rings is 2. The molecule has 5 rings (SSSR count). The van der Waals surface area contributed by atoms with E-state index in [-0.39, 0.29) is 17.1 Å². The second-order valence-corrected chi connectivity index (χ2v) is 8.02. The maximum atomic E-state index is 14.9. The first kappa shape index (κ1) is 23.6. The number of anilines is 1. The van der Waals surface area contributed by atoms with Gasteiger partial charge >= 0.3 is 0 Å². The van der Waals surface area contributed by atoms with E-state index in [9.17, 15) is 14.0 Å². The Morgan fingerprint density at radius 2 is 1.86 bits per heavy atom. The summed E-state index contributed by atoms with van der Waals surface area (Å²) in [5, 5.41) is 6.79. The number of fused-ring (bicyclic) bond motifs is 1. The molecule has 10 heteroatoms. The number of hydrogen-bond acceptors (Lipinski definition) is 7.